The summed E-state index contributed by atoms with van der Waals surface area (Å²) in [5.74, 6) is 1.08. The Hall–Kier alpha value is -2.82. The SMILES string of the molecule is CCCCCCOc1ccc(OC(=O)c2ccc(OC=O)cc2)cc1. The van der Waals surface area contributed by atoms with Crippen LogP contribution < -0.4 is 14.2 Å². The van der Waals surface area contributed by atoms with Crippen molar-refractivity contribution in [1.29, 1.82) is 0 Å². The Balaban J connectivity index is 1.83. The molecule has 0 N–H and O–H groups in total. The Labute approximate surface area is 147 Å². The second-order valence-electron chi connectivity index (χ2n) is 5.51. The Morgan fingerprint density at radius 2 is 1.52 bits per heavy atom. The van der Waals surface area contributed by atoms with E-state index >= 15 is 0 Å². The van der Waals surface area contributed by atoms with Crippen molar-refractivity contribution in [2.24, 2.45) is 0 Å². The van der Waals surface area contributed by atoms with E-state index in [0.29, 0.717) is 30.1 Å². The molecule has 0 fully saturated rings. The largest absolute Gasteiger partial charge is 0.494 e. The fraction of sp³-hybridized carbons (Fsp3) is 0.300. The third kappa shape index (κ3) is 6.30. The van der Waals surface area contributed by atoms with E-state index in [9.17, 15) is 9.59 Å². The smallest absolute Gasteiger partial charge is 0.343 e. The van der Waals surface area contributed by atoms with Crippen molar-refractivity contribution in [2.45, 2.75) is 32.6 Å². The molecule has 0 aliphatic heterocycles. The highest BCUT2D eigenvalue weighted by Gasteiger charge is 2.09. The van der Waals surface area contributed by atoms with Crippen LogP contribution in [-0.4, -0.2) is 19.0 Å². The van der Waals surface area contributed by atoms with Crippen molar-refractivity contribution in [3.8, 4) is 17.2 Å². The molecule has 0 aliphatic rings. The second kappa shape index (κ2) is 10.1. The van der Waals surface area contributed by atoms with Gasteiger partial charge in [-0.15, -0.1) is 0 Å². The summed E-state index contributed by atoms with van der Waals surface area (Å²) in [6, 6.07) is 13.1. The average molecular weight is 342 g/mol. The third-order valence-corrected chi connectivity index (χ3v) is 3.58. The van der Waals surface area contributed by atoms with Crippen LogP contribution in [0.2, 0.25) is 0 Å². The van der Waals surface area contributed by atoms with Crippen molar-refractivity contribution in [3.63, 3.8) is 0 Å². The van der Waals surface area contributed by atoms with Gasteiger partial charge in [0, 0.05) is 0 Å². The Morgan fingerprint density at radius 1 is 0.880 bits per heavy atom. The van der Waals surface area contributed by atoms with Gasteiger partial charge in [-0.2, -0.15) is 0 Å². The number of benzene rings is 2. The van der Waals surface area contributed by atoms with Crippen LogP contribution in [0, 0.1) is 0 Å². The van der Waals surface area contributed by atoms with E-state index in [-0.39, 0.29) is 0 Å². The van der Waals surface area contributed by atoms with Gasteiger partial charge in [0.2, 0.25) is 0 Å². The molecule has 5 heteroatoms. The first-order valence-corrected chi connectivity index (χ1v) is 8.38. The van der Waals surface area contributed by atoms with Crippen LogP contribution in [0.1, 0.15) is 43.0 Å². The number of hydrogen-bond donors (Lipinski definition) is 0. The lowest BCUT2D eigenvalue weighted by Crippen LogP contribution is -2.08. The molecule has 0 heterocycles. The molecule has 0 amide bonds. The first kappa shape index (κ1) is 18.5. The van der Waals surface area contributed by atoms with Gasteiger partial charge in [0.05, 0.1) is 12.2 Å². The van der Waals surface area contributed by atoms with E-state index < -0.39 is 5.97 Å². The standard InChI is InChI=1S/C20H22O5/c1-2-3-4-5-14-23-17-10-12-19(13-11-17)25-20(22)16-6-8-18(9-7-16)24-15-21/h6-13,15H,2-5,14H2,1H3. The zero-order chi connectivity index (χ0) is 17.9. The van der Waals surface area contributed by atoms with Crippen LogP contribution in [0.3, 0.4) is 0 Å². The lowest BCUT2D eigenvalue weighted by molar-refractivity contribution is -0.120. The fourth-order valence-corrected chi connectivity index (χ4v) is 2.21. The maximum absolute atomic E-state index is 12.1. The number of unbranched alkanes of at least 4 members (excludes halogenated alkanes) is 3. The minimum absolute atomic E-state index is 0.334. The molecule has 2 rings (SSSR count). The summed E-state index contributed by atoms with van der Waals surface area (Å²) in [5, 5.41) is 0. The first-order valence-electron chi connectivity index (χ1n) is 8.38. The maximum atomic E-state index is 12.1. The van der Waals surface area contributed by atoms with E-state index in [1.54, 1.807) is 24.3 Å². The molecule has 0 saturated heterocycles. The van der Waals surface area contributed by atoms with Crippen molar-refractivity contribution >= 4 is 12.4 Å². The summed E-state index contributed by atoms with van der Waals surface area (Å²) in [5.41, 5.74) is 0.370. The zero-order valence-corrected chi connectivity index (χ0v) is 14.3. The molecular formula is C20H22O5. The highest BCUT2D eigenvalue weighted by atomic mass is 16.5. The first-order chi connectivity index (χ1) is 12.2. The van der Waals surface area contributed by atoms with Gasteiger partial charge in [-0.1, -0.05) is 26.2 Å². The summed E-state index contributed by atoms with van der Waals surface area (Å²) in [6.07, 6.45) is 4.63. The van der Waals surface area contributed by atoms with Crippen LogP contribution in [0.25, 0.3) is 0 Å². The molecule has 0 unspecified atom stereocenters. The van der Waals surface area contributed by atoms with Crippen LogP contribution in [0.4, 0.5) is 0 Å². The number of carbonyl (C=O) groups is 2. The van der Waals surface area contributed by atoms with Crippen molar-refractivity contribution in [2.75, 3.05) is 6.61 Å². The maximum Gasteiger partial charge on any atom is 0.343 e. The summed E-state index contributed by atoms with van der Waals surface area (Å²) in [6.45, 7) is 3.20. The van der Waals surface area contributed by atoms with Gasteiger partial charge in [0.25, 0.3) is 6.47 Å². The van der Waals surface area contributed by atoms with E-state index in [2.05, 4.69) is 11.7 Å². The molecule has 0 aliphatic carbocycles. The molecule has 132 valence electrons. The van der Waals surface area contributed by atoms with Gasteiger partial charge < -0.3 is 14.2 Å². The predicted octanol–water partition coefficient (Wildman–Crippen LogP) is 4.40. The Kier molecular flexibility index (Phi) is 7.50. The molecule has 0 bridgehead atoms. The van der Waals surface area contributed by atoms with Gasteiger partial charge in [-0.25, -0.2) is 4.79 Å². The summed E-state index contributed by atoms with van der Waals surface area (Å²) in [7, 11) is 0. The molecule has 0 radical (unpaired) electrons. The molecule has 0 spiro atoms. The topological polar surface area (TPSA) is 61.8 Å². The number of ether oxygens (including phenoxy) is 3. The minimum Gasteiger partial charge on any atom is -0.494 e. The predicted molar refractivity (Wildman–Crippen MR) is 94.2 cm³/mol. The molecule has 2 aromatic rings. The monoisotopic (exact) mass is 342 g/mol. The zero-order valence-electron chi connectivity index (χ0n) is 14.3. The van der Waals surface area contributed by atoms with Crippen LogP contribution in [-0.2, 0) is 4.79 Å². The van der Waals surface area contributed by atoms with Gasteiger partial charge in [-0.05, 0) is 55.0 Å². The van der Waals surface area contributed by atoms with E-state index in [1.165, 1.54) is 43.5 Å². The molecule has 5 nitrogen and oxygen atoms in total. The molecule has 0 atom stereocenters. The van der Waals surface area contributed by atoms with Crippen molar-refractivity contribution < 1.29 is 23.8 Å². The summed E-state index contributed by atoms with van der Waals surface area (Å²) in [4.78, 5) is 22.3. The lowest BCUT2D eigenvalue weighted by Gasteiger charge is -2.08. The van der Waals surface area contributed by atoms with Crippen LogP contribution in [0.5, 0.6) is 17.2 Å². The number of rotatable bonds is 10. The molecule has 2 aromatic carbocycles. The average Bonchev–Trinajstić information content (AvgIpc) is 2.64. The lowest BCUT2D eigenvalue weighted by atomic mass is 10.2. The van der Waals surface area contributed by atoms with E-state index in [0.717, 1.165) is 12.2 Å². The Bertz CT molecular complexity index is 661. The number of carbonyl (C=O) groups excluding carboxylic acids is 2. The molecule has 0 aromatic heterocycles. The highest BCUT2D eigenvalue weighted by Crippen LogP contribution is 2.20. The fourth-order valence-electron chi connectivity index (χ4n) is 2.21. The van der Waals surface area contributed by atoms with Crippen LogP contribution >= 0.6 is 0 Å². The van der Waals surface area contributed by atoms with Gasteiger partial charge >= 0.3 is 5.97 Å². The molecule has 25 heavy (non-hydrogen) atoms. The van der Waals surface area contributed by atoms with Gasteiger partial charge in [0.1, 0.15) is 17.2 Å². The third-order valence-electron chi connectivity index (χ3n) is 3.58. The van der Waals surface area contributed by atoms with E-state index in [4.69, 9.17) is 9.47 Å². The van der Waals surface area contributed by atoms with Crippen LogP contribution in [0.15, 0.2) is 48.5 Å². The second-order valence-corrected chi connectivity index (χ2v) is 5.51. The van der Waals surface area contributed by atoms with E-state index in [1.807, 2.05) is 0 Å². The van der Waals surface area contributed by atoms with Crippen molar-refractivity contribution in [1.82, 2.24) is 0 Å². The van der Waals surface area contributed by atoms with Gasteiger partial charge in [-0.3, -0.25) is 4.79 Å². The minimum atomic E-state index is -0.481. The molecular weight excluding hydrogens is 320 g/mol. The highest BCUT2D eigenvalue weighted by molar-refractivity contribution is 5.91. The Morgan fingerprint density at radius 3 is 2.16 bits per heavy atom. The normalized spacial score (nSPS) is 10.1. The molecule has 0 saturated carbocycles. The number of hydrogen-bond acceptors (Lipinski definition) is 5. The van der Waals surface area contributed by atoms with Crippen molar-refractivity contribution in [3.05, 3.63) is 54.1 Å². The summed E-state index contributed by atoms with van der Waals surface area (Å²) < 4.78 is 15.6. The van der Waals surface area contributed by atoms with Gasteiger partial charge in [0.15, 0.2) is 0 Å². The number of esters is 1. The quantitative estimate of drug-likeness (QED) is 0.277. The summed E-state index contributed by atoms with van der Waals surface area (Å²) >= 11 is 0.